The van der Waals surface area contributed by atoms with E-state index in [-0.39, 0.29) is 31.0 Å². The molecular weight excluding hydrogens is 305 g/mol. The second-order valence-electron chi connectivity index (χ2n) is 6.70. The van der Waals surface area contributed by atoms with E-state index in [1.165, 1.54) is 5.56 Å². The number of amides is 1. The second kappa shape index (κ2) is 6.15. The lowest BCUT2D eigenvalue weighted by atomic mass is 9.90. The van der Waals surface area contributed by atoms with Crippen molar-refractivity contribution in [3.8, 4) is 0 Å². The summed E-state index contributed by atoms with van der Waals surface area (Å²) >= 11 is 0. The second-order valence-corrected chi connectivity index (χ2v) is 6.70. The molecule has 126 valence electrons. The zero-order valence-electron chi connectivity index (χ0n) is 13.1. The summed E-state index contributed by atoms with van der Waals surface area (Å²) in [6.07, 6.45) is -2.96. The highest BCUT2D eigenvalue weighted by Crippen LogP contribution is 2.41. The summed E-state index contributed by atoms with van der Waals surface area (Å²) in [7, 11) is 2.03. The van der Waals surface area contributed by atoms with Crippen molar-refractivity contribution in [2.24, 2.45) is 11.8 Å². The molecule has 2 aliphatic rings. The number of hydrogen-bond donors (Lipinski definition) is 0. The van der Waals surface area contributed by atoms with Gasteiger partial charge in [0, 0.05) is 25.7 Å². The van der Waals surface area contributed by atoms with Crippen LogP contribution >= 0.6 is 0 Å². The number of likely N-dealkylation sites (tertiary alicyclic amines) is 1. The summed E-state index contributed by atoms with van der Waals surface area (Å²) in [5.74, 6) is -1.42. The van der Waals surface area contributed by atoms with Gasteiger partial charge in [-0.2, -0.15) is 13.2 Å². The molecule has 0 spiro atoms. The molecule has 1 saturated heterocycles. The van der Waals surface area contributed by atoms with Gasteiger partial charge in [-0.15, -0.1) is 0 Å². The van der Waals surface area contributed by atoms with E-state index in [1.807, 2.05) is 25.2 Å². The lowest BCUT2D eigenvalue weighted by molar-refractivity contribution is -0.188. The van der Waals surface area contributed by atoms with Gasteiger partial charge in [-0.05, 0) is 37.3 Å². The molecule has 1 aliphatic carbocycles. The van der Waals surface area contributed by atoms with Gasteiger partial charge in [0.05, 0.1) is 0 Å². The van der Waals surface area contributed by atoms with Crippen molar-refractivity contribution in [1.82, 2.24) is 9.80 Å². The van der Waals surface area contributed by atoms with Crippen molar-refractivity contribution in [2.75, 3.05) is 20.1 Å². The number of piperidine rings is 1. The Morgan fingerprint density at radius 2 is 1.74 bits per heavy atom. The van der Waals surface area contributed by atoms with Crippen molar-refractivity contribution in [3.63, 3.8) is 0 Å². The predicted molar refractivity (Wildman–Crippen MR) is 80.5 cm³/mol. The molecule has 2 bridgehead atoms. The van der Waals surface area contributed by atoms with E-state index in [0.29, 0.717) is 0 Å². The van der Waals surface area contributed by atoms with Crippen LogP contribution in [-0.4, -0.2) is 48.1 Å². The molecule has 0 radical (unpaired) electrons. The number of halogens is 3. The number of carbonyl (C=O) groups excluding carboxylic acids is 1. The fourth-order valence-electron chi connectivity index (χ4n) is 4.24. The highest BCUT2D eigenvalue weighted by molar-refractivity contribution is 5.82. The maximum atomic E-state index is 12.6. The third-order valence-corrected chi connectivity index (χ3v) is 5.10. The summed E-state index contributed by atoms with van der Waals surface area (Å²) in [6.45, 7) is 1.23. The SMILES string of the molecule is CN(Cc1ccccc1)C1C2CCC1CN(C(=O)C(F)(F)F)C2. The van der Waals surface area contributed by atoms with E-state index in [1.54, 1.807) is 0 Å². The number of nitrogens with zero attached hydrogens (tertiary/aromatic N) is 2. The Morgan fingerprint density at radius 3 is 2.26 bits per heavy atom. The Bertz CT molecular complexity index is 547. The van der Waals surface area contributed by atoms with Crippen LogP contribution in [0.4, 0.5) is 13.2 Å². The van der Waals surface area contributed by atoms with Crippen LogP contribution in [0.2, 0.25) is 0 Å². The zero-order chi connectivity index (χ0) is 16.6. The first-order valence-electron chi connectivity index (χ1n) is 7.96. The number of alkyl halides is 3. The molecule has 2 unspecified atom stereocenters. The third kappa shape index (κ3) is 3.37. The number of carbonyl (C=O) groups is 1. The zero-order valence-corrected chi connectivity index (χ0v) is 13.1. The van der Waals surface area contributed by atoms with Crippen LogP contribution in [0.3, 0.4) is 0 Å². The van der Waals surface area contributed by atoms with Crippen molar-refractivity contribution < 1.29 is 18.0 Å². The minimum Gasteiger partial charge on any atom is -0.334 e. The van der Waals surface area contributed by atoms with Crippen molar-refractivity contribution in [2.45, 2.75) is 31.6 Å². The molecule has 3 nitrogen and oxygen atoms in total. The van der Waals surface area contributed by atoms with Crippen LogP contribution in [-0.2, 0) is 11.3 Å². The molecular formula is C17H21F3N2O. The van der Waals surface area contributed by atoms with Gasteiger partial charge in [-0.3, -0.25) is 9.69 Å². The highest BCUT2D eigenvalue weighted by Gasteiger charge is 2.50. The van der Waals surface area contributed by atoms with Crippen molar-refractivity contribution >= 4 is 5.91 Å². The van der Waals surface area contributed by atoms with Gasteiger partial charge in [0.1, 0.15) is 0 Å². The number of hydrogen-bond acceptors (Lipinski definition) is 2. The average molecular weight is 326 g/mol. The maximum absolute atomic E-state index is 12.6. The Labute approximate surface area is 134 Å². The van der Waals surface area contributed by atoms with Gasteiger partial charge >= 0.3 is 12.1 Å². The minimum absolute atomic E-state index is 0.133. The Morgan fingerprint density at radius 1 is 1.17 bits per heavy atom. The van der Waals surface area contributed by atoms with E-state index in [0.717, 1.165) is 24.3 Å². The lowest BCUT2D eigenvalue weighted by Crippen LogP contribution is -2.55. The first-order chi connectivity index (χ1) is 10.9. The minimum atomic E-state index is -4.76. The van der Waals surface area contributed by atoms with Crippen LogP contribution in [0.25, 0.3) is 0 Å². The van der Waals surface area contributed by atoms with Gasteiger partial charge < -0.3 is 4.90 Å². The fraction of sp³-hybridized carbons (Fsp3) is 0.588. The molecule has 0 aromatic heterocycles. The first-order valence-corrected chi connectivity index (χ1v) is 7.96. The highest BCUT2D eigenvalue weighted by atomic mass is 19.4. The fourth-order valence-corrected chi connectivity index (χ4v) is 4.24. The van der Waals surface area contributed by atoms with Crippen LogP contribution in [0.15, 0.2) is 30.3 Å². The normalized spacial score (nSPS) is 27.5. The van der Waals surface area contributed by atoms with Gasteiger partial charge in [0.2, 0.25) is 0 Å². The molecule has 1 aromatic carbocycles. The summed E-state index contributed by atoms with van der Waals surface area (Å²) in [4.78, 5) is 14.7. The number of rotatable bonds is 3. The largest absolute Gasteiger partial charge is 0.471 e. The molecule has 2 fully saturated rings. The Balaban J connectivity index is 1.67. The van der Waals surface area contributed by atoms with Crippen molar-refractivity contribution in [3.05, 3.63) is 35.9 Å². The standard InChI is InChI=1S/C17H21F3N2O/c1-21(9-12-5-3-2-4-6-12)15-13-7-8-14(15)11-22(10-13)16(23)17(18,19)20/h2-6,13-15H,7-11H2,1H3. The van der Waals surface area contributed by atoms with E-state index in [2.05, 4.69) is 17.0 Å². The molecule has 1 saturated carbocycles. The molecule has 3 rings (SSSR count). The summed E-state index contributed by atoms with van der Waals surface area (Å²) in [5, 5.41) is 0. The molecule has 1 aromatic rings. The molecule has 0 N–H and O–H groups in total. The molecule has 1 amide bonds. The van der Waals surface area contributed by atoms with Crippen LogP contribution in [0, 0.1) is 11.8 Å². The maximum Gasteiger partial charge on any atom is 0.471 e. The first kappa shape index (κ1) is 16.3. The smallest absolute Gasteiger partial charge is 0.334 e. The van der Waals surface area contributed by atoms with Gasteiger partial charge in [-0.25, -0.2) is 0 Å². The number of benzene rings is 1. The molecule has 1 heterocycles. The number of fused-ring (bicyclic) bond motifs is 2. The van der Waals surface area contributed by atoms with Gasteiger partial charge in [-0.1, -0.05) is 30.3 Å². The third-order valence-electron chi connectivity index (χ3n) is 5.10. The van der Waals surface area contributed by atoms with E-state index < -0.39 is 12.1 Å². The molecule has 6 heteroatoms. The van der Waals surface area contributed by atoms with Crippen LogP contribution < -0.4 is 0 Å². The van der Waals surface area contributed by atoms with Gasteiger partial charge in [0.25, 0.3) is 0 Å². The molecule has 23 heavy (non-hydrogen) atoms. The van der Waals surface area contributed by atoms with Crippen LogP contribution in [0.1, 0.15) is 18.4 Å². The van der Waals surface area contributed by atoms with E-state index in [4.69, 9.17) is 0 Å². The van der Waals surface area contributed by atoms with E-state index in [9.17, 15) is 18.0 Å². The summed E-state index contributed by atoms with van der Waals surface area (Å²) < 4.78 is 37.9. The lowest BCUT2D eigenvalue weighted by Gasteiger charge is -2.42. The Hall–Kier alpha value is -1.56. The topological polar surface area (TPSA) is 23.6 Å². The van der Waals surface area contributed by atoms with E-state index >= 15 is 0 Å². The molecule has 1 aliphatic heterocycles. The van der Waals surface area contributed by atoms with Crippen LogP contribution in [0.5, 0.6) is 0 Å². The van der Waals surface area contributed by atoms with Crippen molar-refractivity contribution in [1.29, 1.82) is 0 Å². The summed E-state index contributed by atoms with van der Waals surface area (Å²) in [5.41, 5.74) is 1.20. The average Bonchev–Trinajstić information content (AvgIpc) is 2.77. The summed E-state index contributed by atoms with van der Waals surface area (Å²) in [6, 6.07) is 10.3. The Kier molecular flexibility index (Phi) is 4.36. The molecule has 2 atom stereocenters. The monoisotopic (exact) mass is 326 g/mol. The quantitative estimate of drug-likeness (QED) is 0.853. The van der Waals surface area contributed by atoms with Gasteiger partial charge in [0.15, 0.2) is 0 Å². The predicted octanol–water partition coefficient (Wildman–Crippen LogP) is 2.92.